The van der Waals surface area contributed by atoms with Crippen LogP contribution in [0.5, 0.6) is 0 Å². The first-order chi connectivity index (χ1) is 10.5. The van der Waals surface area contributed by atoms with E-state index in [1.807, 2.05) is 6.07 Å². The molecule has 0 fully saturated rings. The normalized spacial score (nSPS) is 10.8. The largest absolute Gasteiger partial charge is 0.477 e. The second kappa shape index (κ2) is 6.04. The Bertz CT molecular complexity index is 872. The summed E-state index contributed by atoms with van der Waals surface area (Å²) in [7, 11) is 0. The lowest BCUT2D eigenvalue weighted by Crippen LogP contribution is -2.22. The highest BCUT2D eigenvalue weighted by atomic mass is 35.5. The molecule has 3 heterocycles. The molecule has 0 radical (unpaired) electrons. The van der Waals surface area contributed by atoms with E-state index in [0.29, 0.717) is 21.1 Å². The Morgan fingerprint density at radius 1 is 1.32 bits per heavy atom. The van der Waals surface area contributed by atoms with Gasteiger partial charge in [-0.25, -0.2) is 9.78 Å². The minimum atomic E-state index is -0.986. The van der Waals surface area contributed by atoms with Crippen LogP contribution in [0, 0.1) is 0 Å². The van der Waals surface area contributed by atoms with Gasteiger partial charge in [-0.1, -0.05) is 11.6 Å². The summed E-state index contributed by atoms with van der Waals surface area (Å²) in [6.45, 7) is 0.173. The monoisotopic (exact) mass is 352 g/mol. The molecule has 2 N–H and O–H groups in total. The highest BCUT2D eigenvalue weighted by molar-refractivity contribution is 7.20. The molecular weight excluding hydrogens is 344 g/mol. The first kappa shape index (κ1) is 15.0. The van der Waals surface area contributed by atoms with Crippen LogP contribution in [0.4, 0.5) is 0 Å². The summed E-state index contributed by atoms with van der Waals surface area (Å²) in [6.07, 6.45) is 0. The van der Waals surface area contributed by atoms with Gasteiger partial charge >= 0.3 is 5.97 Å². The summed E-state index contributed by atoms with van der Waals surface area (Å²) in [4.78, 5) is 28.1. The fourth-order valence-corrected chi connectivity index (χ4v) is 3.77. The highest BCUT2D eigenvalue weighted by Gasteiger charge is 2.15. The molecule has 3 rings (SSSR count). The number of carboxylic acid groups (broad SMARTS) is 1. The molecule has 22 heavy (non-hydrogen) atoms. The molecule has 0 aliphatic carbocycles. The van der Waals surface area contributed by atoms with Crippen molar-refractivity contribution in [2.45, 2.75) is 6.54 Å². The quantitative estimate of drug-likeness (QED) is 0.702. The zero-order chi connectivity index (χ0) is 15.7. The van der Waals surface area contributed by atoms with Gasteiger partial charge in [-0.05, 0) is 35.2 Å². The van der Waals surface area contributed by atoms with Crippen LogP contribution in [-0.2, 0) is 6.54 Å². The molecule has 0 unspecified atom stereocenters. The first-order valence-electron chi connectivity index (χ1n) is 6.18. The topological polar surface area (TPSA) is 79.3 Å². The molecule has 0 spiro atoms. The number of amides is 1. The number of carbonyl (C=O) groups is 2. The molecule has 3 aromatic heterocycles. The van der Waals surface area contributed by atoms with Gasteiger partial charge in [0.05, 0.1) is 15.1 Å². The summed E-state index contributed by atoms with van der Waals surface area (Å²) < 4.78 is 0.872. The van der Waals surface area contributed by atoms with Crippen molar-refractivity contribution >= 4 is 56.4 Å². The molecule has 0 aliphatic heterocycles. The number of hydrogen-bond acceptors (Lipinski definition) is 5. The number of pyridine rings is 1. The maximum Gasteiger partial charge on any atom is 0.346 e. The Morgan fingerprint density at radius 3 is 2.91 bits per heavy atom. The van der Waals surface area contributed by atoms with Crippen molar-refractivity contribution in [3.05, 3.63) is 50.1 Å². The van der Waals surface area contributed by atoms with Gasteiger partial charge in [0.2, 0.25) is 0 Å². The molecule has 0 saturated carbocycles. The fraction of sp³-hybridized carbons (Fsp3) is 0.0714. The molecule has 0 aromatic carbocycles. The summed E-state index contributed by atoms with van der Waals surface area (Å²) in [5, 5.41) is 13.8. The summed E-state index contributed by atoms with van der Waals surface area (Å²) in [5.74, 6) is -1.25. The van der Waals surface area contributed by atoms with Crippen LogP contribution >= 0.6 is 34.3 Å². The molecular formula is C14H9ClN2O3S2. The minimum Gasteiger partial charge on any atom is -0.477 e. The van der Waals surface area contributed by atoms with Crippen molar-refractivity contribution in [3.63, 3.8) is 0 Å². The number of aromatic nitrogens is 1. The molecule has 3 aromatic rings. The van der Waals surface area contributed by atoms with Gasteiger partial charge in [-0.2, -0.15) is 0 Å². The number of rotatable bonds is 4. The molecule has 8 heteroatoms. The number of carbonyl (C=O) groups excluding carboxylic acids is 1. The average Bonchev–Trinajstić information content (AvgIpc) is 3.10. The van der Waals surface area contributed by atoms with E-state index in [1.165, 1.54) is 11.3 Å². The number of nitrogens with zero attached hydrogens (tertiary/aromatic N) is 1. The van der Waals surface area contributed by atoms with Gasteiger partial charge in [-0.3, -0.25) is 4.79 Å². The molecule has 112 valence electrons. The number of nitrogens with one attached hydrogen (secondary N) is 1. The zero-order valence-corrected chi connectivity index (χ0v) is 13.4. The molecule has 0 atom stereocenters. The maximum atomic E-state index is 12.2. The number of halogens is 1. The molecule has 0 aliphatic rings. The fourth-order valence-electron chi connectivity index (χ4n) is 1.94. The van der Waals surface area contributed by atoms with Crippen LogP contribution in [-0.4, -0.2) is 22.0 Å². The molecule has 0 bridgehead atoms. The standard InChI is InChI=1S/C14H9ClN2O3S2/c15-11-2-1-9-8(17-11)5-10(22-9)13(18)16-6-7-3-4-21-12(7)14(19)20/h1-5H,6H2,(H,16,18)(H,19,20). The van der Waals surface area contributed by atoms with E-state index in [9.17, 15) is 9.59 Å². The number of carboxylic acids is 1. The average molecular weight is 353 g/mol. The Hall–Kier alpha value is -1.96. The van der Waals surface area contributed by atoms with Crippen LogP contribution in [0.3, 0.4) is 0 Å². The van der Waals surface area contributed by atoms with Crippen molar-refractivity contribution in [2.75, 3.05) is 0 Å². The van der Waals surface area contributed by atoms with Crippen molar-refractivity contribution in [1.82, 2.24) is 10.3 Å². The molecule has 0 saturated heterocycles. The zero-order valence-electron chi connectivity index (χ0n) is 11.0. The first-order valence-corrected chi connectivity index (χ1v) is 8.26. The van der Waals surface area contributed by atoms with E-state index in [-0.39, 0.29) is 17.3 Å². The number of aromatic carboxylic acids is 1. The van der Waals surface area contributed by atoms with E-state index in [2.05, 4.69) is 10.3 Å². The van der Waals surface area contributed by atoms with Crippen LogP contribution in [0.25, 0.3) is 10.2 Å². The van der Waals surface area contributed by atoms with Crippen LogP contribution in [0.15, 0.2) is 29.6 Å². The Kier molecular flexibility index (Phi) is 4.10. The van der Waals surface area contributed by atoms with Gasteiger partial charge in [0.15, 0.2) is 0 Å². The van der Waals surface area contributed by atoms with Crippen LogP contribution in [0.2, 0.25) is 5.15 Å². The van der Waals surface area contributed by atoms with E-state index in [4.69, 9.17) is 16.7 Å². The number of hydrogen-bond donors (Lipinski definition) is 2. The third-order valence-electron chi connectivity index (χ3n) is 2.94. The second-order valence-corrected chi connectivity index (χ2v) is 6.78. The number of fused-ring (bicyclic) bond motifs is 1. The lowest BCUT2D eigenvalue weighted by atomic mass is 10.2. The van der Waals surface area contributed by atoms with E-state index in [1.54, 1.807) is 23.6 Å². The Morgan fingerprint density at radius 2 is 2.14 bits per heavy atom. The summed E-state index contributed by atoms with van der Waals surface area (Å²) >= 11 is 8.27. The lowest BCUT2D eigenvalue weighted by molar-refractivity contribution is 0.0700. The van der Waals surface area contributed by atoms with Gasteiger partial charge in [0.25, 0.3) is 5.91 Å². The lowest BCUT2D eigenvalue weighted by Gasteiger charge is -2.02. The van der Waals surface area contributed by atoms with Gasteiger partial charge in [0.1, 0.15) is 10.0 Å². The maximum absolute atomic E-state index is 12.2. The minimum absolute atomic E-state index is 0.173. The van der Waals surface area contributed by atoms with E-state index in [0.717, 1.165) is 16.0 Å². The molecule has 1 amide bonds. The summed E-state index contributed by atoms with van der Waals surface area (Å²) in [5.41, 5.74) is 1.26. The van der Waals surface area contributed by atoms with E-state index >= 15 is 0 Å². The van der Waals surface area contributed by atoms with Crippen molar-refractivity contribution in [1.29, 1.82) is 0 Å². The van der Waals surface area contributed by atoms with Gasteiger partial charge in [-0.15, -0.1) is 22.7 Å². The second-order valence-electron chi connectivity index (χ2n) is 4.39. The third kappa shape index (κ3) is 2.96. The van der Waals surface area contributed by atoms with Crippen LogP contribution < -0.4 is 5.32 Å². The summed E-state index contributed by atoms with van der Waals surface area (Å²) in [6, 6.07) is 6.85. The van der Waals surface area contributed by atoms with Crippen molar-refractivity contribution in [3.8, 4) is 0 Å². The Balaban J connectivity index is 1.75. The predicted molar refractivity (Wildman–Crippen MR) is 87.1 cm³/mol. The van der Waals surface area contributed by atoms with Gasteiger partial charge in [0, 0.05) is 6.54 Å². The van der Waals surface area contributed by atoms with Crippen molar-refractivity contribution in [2.24, 2.45) is 0 Å². The van der Waals surface area contributed by atoms with Crippen molar-refractivity contribution < 1.29 is 14.7 Å². The third-order valence-corrected chi connectivity index (χ3v) is 5.19. The van der Waals surface area contributed by atoms with Crippen LogP contribution in [0.1, 0.15) is 24.9 Å². The van der Waals surface area contributed by atoms with Gasteiger partial charge < -0.3 is 10.4 Å². The highest BCUT2D eigenvalue weighted by Crippen LogP contribution is 2.25. The SMILES string of the molecule is O=C(NCc1ccsc1C(=O)O)c1cc2nc(Cl)ccc2s1. The predicted octanol–water partition coefficient (Wildman–Crippen LogP) is 3.64. The smallest absolute Gasteiger partial charge is 0.346 e. The van der Waals surface area contributed by atoms with E-state index < -0.39 is 5.97 Å². The number of thiophene rings is 2. The Labute approximate surface area is 138 Å². The molecule has 5 nitrogen and oxygen atoms in total.